The van der Waals surface area contributed by atoms with E-state index in [1.807, 2.05) is 7.05 Å². The molecular weight excluding hydrogens is 373 g/mol. The molecule has 1 aliphatic carbocycles. The number of aryl methyl sites for hydroxylation is 1. The summed E-state index contributed by atoms with van der Waals surface area (Å²) in [5.74, 6) is 1.92. The molecule has 21 heavy (non-hydrogen) atoms. The zero-order valence-electron chi connectivity index (χ0n) is 12.5. The minimum Gasteiger partial charge on any atom is -0.372 e. The van der Waals surface area contributed by atoms with Gasteiger partial charge in [0, 0.05) is 7.05 Å². The fraction of sp³-hybridized carbons (Fsp3) is 0.412. The number of anilines is 1. The molecule has 0 spiro atoms. The lowest BCUT2D eigenvalue weighted by molar-refractivity contribution is 0.498. The third kappa shape index (κ3) is 2.54. The molecule has 0 radical (unpaired) electrons. The molecule has 0 unspecified atom stereocenters. The zero-order valence-corrected chi connectivity index (χ0v) is 14.6. The number of rotatable bonds is 3. The molecule has 1 N–H and O–H groups in total. The van der Waals surface area contributed by atoms with Crippen molar-refractivity contribution in [3.63, 3.8) is 0 Å². The van der Waals surface area contributed by atoms with E-state index in [-0.39, 0.29) is 5.41 Å². The van der Waals surface area contributed by atoms with Crippen LogP contribution in [0.25, 0.3) is 0 Å². The van der Waals surface area contributed by atoms with Crippen molar-refractivity contribution in [2.45, 2.75) is 38.0 Å². The van der Waals surface area contributed by atoms with Gasteiger partial charge < -0.3 is 5.32 Å². The first-order valence-corrected chi connectivity index (χ1v) is 8.53. The average Bonchev–Trinajstić information content (AvgIpc) is 3.01. The molecule has 4 heteroatoms. The number of hydrogen-bond acceptors (Lipinski definition) is 3. The van der Waals surface area contributed by atoms with Gasteiger partial charge >= 0.3 is 0 Å². The van der Waals surface area contributed by atoms with E-state index < -0.39 is 0 Å². The highest BCUT2D eigenvalue weighted by atomic mass is 127. The van der Waals surface area contributed by atoms with Gasteiger partial charge in [-0.15, -0.1) is 0 Å². The first-order valence-electron chi connectivity index (χ1n) is 7.45. The van der Waals surface area contributed by atoms with Gasteiger partial charge in [-0.1, -0.05) is 43.2 Å². The summed E-state index contributed by atoms with van der Waals surface area (Å²) in [6.07, 6.45) is 4.77. The van der Waals surface area contributed by atoms with Crippen LogP contribution >= 0.6 is 22.6 Å². The van der Waals surface area contributed by atoms with Gasteiger partial charge in [-0.3, -0.25) is 0 Å². The molecule has 1 aromatic carbocycles. The Kier molecular flexibility index (Phi) is 4.15. The SMILES string of the molecule is CNc1nc(C2(c3ccccc3)CCCC2)nc(C)c1I. The molecule has 2 aromatic rings. The Bertz CT molecular complexity index is 634. The minimum atomic E-state index is -0.0119. The standard InChI is InChI=1S/C17H20IN3/c1-12-14(18)15(19-2)21-16(20-12)17(10-6-7-11-17)13-8-4-3-5-9-13/h3-5,8-9H,6-7,10-11H2,1-2H3,(H,19,20,21). The summed E-state index contributed by atoms with van der Waals surface area (Å²) in [6.45, 7) is 2.07. The fourth-order valence-corrected chi connectivity index (χ4v) is 3.83. The molecule has 0 saturated heterocycles. The summed E-state index contributed by atoms with van der Waals surface area (Å²) in [5.41, 5.74) is 2.40. The Hall–Kier alpha value is -1.17. The summed E-state index contributed by atoms with van der Waals surface area (Å²) in [4.78, 5) is 9.71. The lowest BCUT2D eigenvalue weighted by atomic mass is 9.78. The molecule has 0 aliphatic heterocycles. The Labute approximate surface area is 139 Å². The molecule has 3 rings (SSSR count). The maximum atomic E-state index is 4.85. The van der Waals surface area contributed by atoms with Crippen molar-refractivity contribution in [3.8, 4) is 0 Å². The van der Waals surface area contributed by atoms with Crippen LogP contribution in [0.2, 0.25) is 0 Å². The fourth-order valence-electron chi connectivity index (χ4n) is 3.32. The molecule has 3 nitrogen and oxygen atoms in total. The predicted molar refractivity (Wildman–Crippen MR) is 94.7 cm³/mol. The second-order valence-electron chi connectivity index (χ2n) is 5.70. The monoisotopic (exact) mass is 393 g/mol. The van der Waals surface area contributed by atoms with Gasteiger partial charge in [0.25, 0.3) is 0 Å². The summed E-state index contributed by atoms with van der Waals surface area (Å²) in [7, 11) is 1.93. The van der Waals surface area contributed by atoms with Crippen LogP contribution in [0.5, 0.6) is 0 Å². The normalized spacial score (nSPS) is 16.9. The summed E-state index contributed by atoms with van der Waals surface area (Å²) in [5, 5.41) is 3.21. The van der Waals surface area contributed by atoms with E-state index in [0.717, 1.165) is 33.7 Å². The van der Waals surface area contributed by atoms with E-state index in [1.165, 1.54) is 18.4 Å². The number of benzene rings is 1. The number of halogens is 1. The maximum absolute atomic E-state index is 4.85. The Morgan fingerprint density at radius 1 is 1.10 bits per heavy atom. The van der Waals surface area contributed by atoms with Crippen molar-refractivity contribution in [3.05, 3.63) is 51.0 Å². The Morgan fingerprint density at radius 2 is 1.76 bits per heavy atom. The molecule has 1 aliphatic rings. The Balaban J connectivity index is 2.17. The van der Waals surface area contributed by atoms with E-state index in [0.29, 0.717) is 0 Å². The van der Waals surface area contributed by atoms with Crippen LogP contribution in [0, 0.1) is 10.5 Å². The van der Waals surface area contributed by atoms with Crippen LogP contribution in [-0.4, -0.2) is 17.0 Å². The number of nitrogens with one attached hydrogen (secondary N) is 1. The summed E-state index contributed by atoms with van der Waals surface area (Å²) >= 11 is 2.32. The number of nitrogens with zero attached hydrogens (tertiary/aromatic N) is 2. The Morgan fingerprint density at radius 3 is 2.38 bits per heavy atom. The quantitative estimate of drug-likeness (QED) is 0.791. The summed E-state index contributed by atoms with van der Waals surface area (Å²) in [6, 6.07) is 10.8. The van der Waals surface area contributed by atoms with E-state index >= 15 is 0 Å². The largest absolute Gasteiger partial charge is 0.372 e. The number of aromatic nitrogens is 2. The molecular formula is C17H20IN3. The lowest BCUT2D eigenvalue weighted by Crippen LogP contribution is -2.27. The molecule has 1 heterocycles. The highest BCUT2D eigenvalue weighted by Crippen LogP contribution is 2.45. The van der Waals surface area contributed by atoms with Crippen LogP contribution in [0.3, 0.4) is 0 Å². The predicted octanol–water partition coefficient (Wildman–Crippen LogP) is 4.29. The maximum Gasteiger partial charge on any atom is 0.143 e. The van der Waals surface area contributed by atoms with Gasteiger partial charge in [-0.05, 0) is 47.9 Å². The van der Waals surface area contributed by atoms with Crippen molar-refractivity contribution >= 4 is 28.4 Å². The zero-order chi connectivity index (χ0) is 14.9. The molecule has 0 bridgehead atoms. The first kappa shape index (κ1) is 14.8. The van der Waals surface area contributed by atoms with Crippen LogP contribution in [0.4, 0.5) is 5.82 Å². The molecule has 0 atom stereocenters. The van der Waals surface area contributed by atoms with Crippen molar-refractivity contribution in [2.24, 2.45) is 0 Å². The van der Waals surface area contributed by atoms with Gasteiger partial charge in [0.1, 0.15) is 11.6 Å². The van der Waals surface area contributed by atoms with Gasteiger partial charge in [0.15, 0.2) is 0 Å². The second kappa shape index (κ2) is 5.91. The van der Waals surface area contributed by atoms with Crippen LogP contribution in [-0.2, 0) is 5.41 Å². The minimum absolute atomic E-state index is 0.0119. The van der Waals surface area contributed by atoms with Crippen molar-refractivity contribution in [1.29, 1.82) is 0 Å². The number of hydrogen-bond donors (Lipinski definition) is 1. The molecule has 1 fully saturated rings. The van der Waals surface area contributed by atoms with Crippen LogP contribution in [0.1, 0.15) is 42.8 Å². The van der Waals surface area contributed by atoms with Gasteiger partial charge in [0.2, 0.25) is 0 Å². The molecule has 1 saturated carbocycles. The van der Waals surface area contributed by atoms with Gasteiger partial charge in [-0.2, -0.15) is 0 Å². The van der Waals surface area contributed by atoms with Crippen molar-refractivity contribution in [2.75, 3.05) is 12.4 Å². The van der Waals surface area contributed by atoms with E-state index in [1.54, 1.807) is 0 Å². The van der Waals surface area contributed by atoms with Gasteiger partial charge in [-0.25, -0.2) is 9.97 Å². The highest BCUT2D eigenvalue weighted by Gasteiger charge is 2.40. The third-order valence-corrected chi connectivity index (χ3v) is 5.76. The topological polar surface area (TPSA) is 37.8 Å². The van der Waals surface area contributed by atoms with Crippen molar-refractivity contribution in [1.82, 2.24) is 9.97 Å². The third-order valence-electron chi connectivity index (χ3n) is 4.47. The van der Waals surface area contributed by atoms with Crippen LogP contribution < -0.4 is 5.32 Å². The van der Waals surface area contributed by atoms with Gasteiger partial charge in [0.05, 0.1) is 14.7 Å². The van der Waals surface area contributed by atoms with E-state index in [2.05, 4.69) is 65.2 Å². The lowest BCUT2D eigenvalue weighted by Gasteiger charge is -2.29. The van der Waals surface area contributed by atoms with E-state index in [9.17, 15) is 0 Å². The first-order chi connectivity index (χ1) is 10.2. The average molecular weight is 393 g/mol. The molecule has 1 aromatic heterocycles. The van der Waals surface area contributed by atoms with Crippen LogP contribution in [0.15, 0.2) is 30.3 Å². The van der Waals surface area contributed by atoms with E-state index in [4.69, 9.17) is 9.97 Å². The summed E-state index contributed by atoms with van der Waals surface area (Å²) < 4.78 is 1.11. The van der Waals surface area contributed by atoms with Crippen molar-refractivity contribution < 1.29 is 0 Å². The second-order valence-corrected chi connectivity index (χ2v) is 6.78. The highest BCUT2D eigenvalue weighted by molar-refractivity contribution is 14.1. The molecule has 110 valence electrons. The smallest absolute Gasteiger partial charge is 0.143 e. The molecule has 0 amide bonds.